The van der Waals surface area contributed by atoms with E-state index in [1.165, 1.54) is 0 Å². The summed E-state index contributed by atoms with van der Waals surface area (Å²) in [4.78, 5) is 30.2. The van der Waals surface area contributed by atoms with Crippen LogP contribution in [0, 0.1) is 12.8 Å². The summed E-state index contributed by atoms with van der Waals surface area (Å²) in [7, 11) is 1.65. The number of halogens is 1. The minimum atomic E-state index is -0.329. The van der Waals surface area contributed by atoms with Crippen LogP contribution in [0.25, 0.3) is 10.9 Å². The molecule has 1 aliphatic rings. The molecule has 0 radical (unpaired) electrons. The van der Waals surface area contributed by atoms with Crippen LogP contribution >= 0.6 is 15.9 Å². The van der Waals surface area contributed by atoms with Crippen LogP contribution in [0.5, 0.6) is 5.75 Å². The molecule has 1 fully saturated rings. The van der Waals surface area contributed by atoms with Gasteiger partial charge in [-0.2, -0.15) is 0 Å². The Balaban J connectivity index is 1.38. The largest absolute Gasteiger partial charge is 0.497 e. The van der Waals surface area contributed by atoms with Crippen molar-refractivity contribution in [2.75, 3.05) is 25.5 Å². The van der Waals surface area contributed by atoms with Gasteiger partial charge < -0.3 is 19.9 Å². The third-order valence-corrected chi connectivity index (χ3v) is 6.53. The van der Waals surface area contributed by atoms with E-state index in [4.69, 9.17) is 4.74 Å². The van der Waals surface area contributed by atoms with Crippen molar-refractivity contribution in [2.45, 2.75) is 19.8 Å². The van der Waals surface area contributed by atoms with Gasteiger partial charge in [-0.15, -0.1) is 0 Å². The molecule has 0 bridgehead atoms. The number of fused-ring (bicyclic) bond motifs is 1. The lowest BCUT2D eigenvalue weighted by molar-refractivity contribution is -0.128. The van der Waals surface area contributed by atoms with Crippen LogP contribution in [-0.2, 0) is 16.0 Å². The van der Waals surface area contributed by atoms with Gasteiger partial charge in [0.15, 0.2) is 0 Å². The minimum absolute atomic E-state index is 0.0274. The number of amides is 2. The molecule has 6 nitrogen and oxygen atoms in total. The number of methoxy groups -OCH3 is 1. The molecule has 156 valence electrons. The number of likely N-dealkylation sites (tertiary alicyclic amines) is 1. The Kier molecular flexibility index (Phi) is 5.81. The maximum Gasteiger partial charge on any atom is 0.229 e. The van der Waals surface area contributed by atoms with E-state index in [1.54, 1.807) is 12.0 Å². The lowest BCUT2D eigenvalue weighted by atomic mass is 10.1. The molecule has 30 heavy (non-hydrogen) atoms. The van der Waals surface area contributed by atoms with Crippen LogP contribution in [0.15, 0.2) is 47.1 Å². The minimum Gasteiger partial charge on any atom is -0.497 e. The van der Waals surface area contributed by atoms with E-state index in [1.807, 2.05) is 49.5 Å². The lowest BCUT2D eigenvalue weighted by Crippen LogP contribution is -2.30. The second kappa shape index (κ2) is 8.52. The van der Waals surface area contributed by atoms with Crippen molar-refractivity contribution < 1.29 is 14.3 Å². The van der Waals surface area contributed by atoms with Gasteiger partial charge in [-0.1, -0.05) is 15.9 Å². The average molecular weight is 470 g/mol. The van der Waals surface area contributed by atoms with Crippen molar-refractivity contribution in [3.8, 4) is 5.75 Å². The first-order valence-electron chi connectivity index (χ1n) is 9.93. The highest BCUT2D eigenvalue weighted by Crippen LogP contribution is 2.26. The van der Waals surface area contributed by atoms with Crippen molar-refractivity contribution in [3.63, 3.8) is 0 Å². The average Bonchev–Trinajstić information content (AvgIpc) is 3.31. The number of hydrogen-bond acceptors (Lipinski definition) is 3. The molecule has 3 aromatic rings. The predicted molar refractivity (Wildman–Crippen MR) is 121 cm³/mol. The van der Waals surface area contributed by atoms with E-state index in [0.717, 1.165) is 44.4 Å². The molecule has 1 aliphatic heterocycles. The van der Waals surface area contributed by atoms with Gasteiger partial charge in [0.05, 0.1) is 13.0 Å². The molecule has 0 spiro atoms. The predicted octanol–water partition coefficient (Wildman–Crippen LogP) is 4.28. The third kappa shape index (κ3) is 4.21. The van der Waals surface area contributed by atoms with Gasteiger partial charge in [-0.25, -0.2) is 0 Å². The monoisotopic (exact) mass is 469 g/mol. The normalized spacial score (nSPS) is 16.3. The van der Waals surface area contributed by atoms with E-state index in [9.17, 15) is 9.59 Å². The van der Waals surface area contributed by atoms with Crippen LogP contribution in [0.2, 0.25) is 0 Å². The van der Waals surface area contributed by atoms with Crippen LogP contribution in [0.3, 0.4) is 0 Å². The van der Waals surface area contributed by atoms with Crippen molar-refractivity contribution in [1.82, 2.24) is 9.88 Å². The first kappa shape index (κ1) is 20.5. The highest BCUT2D eigenvalue weighted by Gasteiger charge is 2.34. The topological polar surface area (TPSA) is 74.4 Å². The standard InChI is InChI=1S/C23H24BrN3O3/c1-14-9-17(3-5-20(14)24)26-23(29)16-10-22(28)27(13-16)8-7-15-12-25-21-6-4-18(30-2)11-19(15)21/h3-6,9,11-12,16,25H,7-8,10,13H2,1-2H3,(H,26,29). The number of aromatic amines is 1. The number of nitrogens with one attached hydrogen (secondary N) is 2. The van der Waals surface area contributed by atoms with E-state index in [2.05, 4.69) is 26.2 Å². The molecule has 2 aromatic carbocycles. The summed E-state index contributed by atoms with van der Waals surface area (Å²) in [5, 5.41) is 4.04. The molecule has 1 unspecified atom stereocenters. The number of H-pyrrole nitrogens is 1. The Labute approximate surface area is 183 Å². The molecule has 2 amide bonds. The van der Waals surface area contributed by atoms with Crippen LogP contribution in [0.4, 0.5) is 5.69 Å². The highest BCUT2D eigenvalue weighted by molar-refractivity contribution is 9.10. The fourth-order valence-corrected chi connectivity index (χ4v) is 4.12. The number of nitrogens with zero attached hydrogens (tertiary/aromatic N) is 1. The molecule has 4 rings (SSSR count). The second-order valence-corrected chi connectivity index (χ2v) is 8.52. The Morgan fingerprint density at radius 3 is 2.90 bits per heavy atom. The molecule has 1 atom stereocenters. The fourth-order valence-electron chi connectivity index (χ4n) is 3.88. The van der Waals surface area contributed by atoms with Gasteiger partial charge in [0.25, 0.3) is 0 Å². The Morgan fingerprint density at radius 2 is 2.13 bits per heavy atom. The Hall–Kier alpha value is -2.80. The molecule has 0 saturated carbocycles. The van der Waals surface area contributed by atoms with E-state index in [0.29, 0.717) is 13.1 Å². The lowest BCUT2D eigenvalue weighted by Gasteiger charge is -2.16. The SMILES string of the molecule is COc1ccc2[nH]cc(CCN3CC(C(=O)Nc4ccc(Br)c(C)c4)CC3=O)c2c1. The molecule has 1 saturated heterocycles. The number of aromatic nitrogens is 1. The van der Waals surface area contributed by atoms with Gasteiger partial charge >= 0.3 is 0 Å². The maximum absolute atomic E-state index is 12.7. The quantitative estimate of drug-likeness (QED) is 0.565. The first-order chi connectivity index (χ1) is 14.4. The van der Waals surface area contributed by atoms with E-state index >= 15 is 0 Å². The van der Waals surface area contributed by atoms with Gasteiger partial charge in [-0.3, -0.25) is 9.59 Å². The molecular weight excluding hydrogens is 446 g/mol. The molecular formula is C23H24BrN3O3. The summed E-state index contributed by atoms with van der Waals surface area (Å²) in [5.41, 5.74) is 3.97. The van der Waals surface area contributed by atoms with Crippen LogP contribution in [0.1, 0.15) is 17.5 Å². The molecule has 2 N–H and O–H groups in total. The second-order valence-electron chi connectivity index (χ2n) is 7.67. The highest BCUT2D eigenvalue weighted by atomic mass is 79.9. The third-order valence-electron chi connectivity index (χ3n) is 5.64. The summed E-state index contributed by atoms with van der Waals surface area (Å²) in [6.45, 7) is 3.01. The van der Waals surface area contributed by atoms with Crippen molar-refractivity contribution in [3.05, 3.63) is 58.2 Å². The number of hydrogen-bond donors (Lipinski definition) is 2. The molecule has 7 heteroatoms. The maximum atomic E-state index is 12.7. The number of anilines is 1. The number of benzene rings is 2. The number of ether oxygens (including phenoxy) is 1. The number of aryl methyl sites for hydroxylation is 1. The van der Waals surface area contributed by atoms with E-state index in [-0.39, 0.29) is 24.2 Å². The van der Waals surface area contributed by atoms with Gasteiger partial charge in [-0.05, 0) is 60.9 Å². The molecule has 2 heterocycles. The van der Waals surface area contributed by atoms with Crippen molar-refractivity contribution in [1.29, 1.82) is 0 Å². The zero-order valence-corrected chi connectivity index (χ0v) is 18.6. The smallest absolute Gasteiger partial charge is 0.229 e. The number of carbonyl (C=O) groups is 2. The van der Waals surface area contributed by atoms with E-state index < -0.39 is 0 Å². The summed E-state index contributed by atoms with van der Waals surface area (Å²) >= 11 is 3.46. The summed E-state index contributed by atoms with van der Waals surface area (Å²) in [5.74, 6) is 0.397. The molecule has 0 aliphatic carbocycles. The first-order valence-corrected chi connectivity index (χ1v) is 10.7. The van der Waals surface area contributed by atoms with Crippen molar-refractivity contribution in [2.24, 2.45) is 5.92 Å². The summed E-state index contributed by atoms with van der Waals surface area (Å²) in [6.07, 6.45) is 2.95. The van der Waals surface area contributed by atoms with Crippen LogP contribution < -0.4 is 10.1 Å². The zero-order chi connectivity index (χ0) is 21.3. The van der Waals surface area contributed by atoms with Gasteiger partial charge in [0.1, 0.15) is 5.75 Å². The van der Waals surface area contributed by atoms with Gasteiger partial charge in [0.2, 0.25) is 11.8 Å². The summed E-state index contributed by atoms with van der Waals surface area (Å²) in [6, 6.07) is 11.6. The Morgan fingerprint density at radius 1 is 1.30 bits per heavy atom. The van der Waals surface area contributed by atoms with Gasteiger partial charge in [0, 0.05) is 46.8 Å². The fraction of sp³-hybridized carbons (Fsp3) is 0.304. The zero-order valence-electron chi connectivity index (χ0n) is 17.0. The Bertz CT molecular complexity index is 1110. The van der Waals surface area contributed by atoms with Crippen molar-refractivity contribution >= 4 is 44.3 Å². The van der Waals surface area contributed by atoms with Crippen LogP contribution in [-0.4, -0.2) is 41.9 Å². The number of rotatable bonds is 6. The number of carbonyl (C=O) groups excluding carboxylic acids is 2. The molecule has 1 aromatic heterocycles. The summed E-state index contributed by atoms with van der Waals surface area (Å²) < 4.78 is 6.32.